The SMILES string of the molecule is CN(C)C(=O)c1cccc(OC(=O)CCCOc2cccc(Cl)c2Cl)c1. The van der Waals surface area contributed by atoms with Gasteiger partial charge < -0.3 is 14.4 Å². The summed E-state index contributed by atoms with van der Waals surface area (Å²) in [4.78, 5) is 25.3. The number of hydrogen-bond acceptors (Lipinski definition) is 4. The van der Waals surface area contributed by atoms with Gasteiger partial charge in [-0.3, -0.25) is 9.59 Å². The summed E-state index contributed by atoms with van der Waals surface area (Å²) in [5.74, 6) is 0.249. The van der Waals surface area contributed by atoms with Crippen LogP contribution < -0.4 is 9.47 Å². The van der Waals surface area contributed by atoms with Crippen molar-refractivity contribution in [3.63, 3.8) is 0 Å². The van der Waals surface area contributed by atoms with Gasteiger partial charge in [0.1, 0.15) is 16.5 Å². The molecular weight excluding hydrogens is 377 g/mol. The Morgan fingerprint density at radius 2 is 1.81 bits per heavy atom. The molecule has 0 fully saturated rings. The molecular formula is C19H19Cl2NO4. The van der Waals surface area contributed by atoms with Crippen LogP contribution >= 0.6 is 23.2 Å². The maximum absolute atomic E-state index is 11.9. The van der Waals surface area contributed by atoms with E-state index in [9.17, 15) is 9.59 Å². The quantitative estimate of drug-likeness (QED) is 0.394. The molecule has 2 aromatic carbocycles. The number of carbonyl (C=O) groups is 2. The zero-order valence-corrected chi connectivity index (χ0v) is 16.0. The number of benzene rings is 2. The van der Waals surface area contributed by atoms with Crippen LogP contribution in [0.3, 0.4) is 0 Å². The summed E-state index contributed by atoms with van der Waals surface area (Å²) in [5.41, 5.74) is 0.458. The highest BCUT2D eigenvalue weighted by Crippen LogP contribution is 2.31. The predicted octanol–water partition coefficient (Wildman–Crippen LogP) is 4.46. The molecule has 1 amide bonds. The third kappa shape index (κ3) is 5.64. The molecule has 0 N–H and O–H groups in total. The van der Waals surface area contributed by atoms with Gasteiger partial charge in [0.25, 0.3) is 5.91 Å². The van der Waals surface area contributed by atoms with Crippen molar-refractivity contribution >= 4 is 35.1 Å². The van der Waals surface area contributed by atoms with E-state index in [1.54, 1.807) is 56.6 Å². The minimum Gasteiger partial charge on any atom is -0.492 e. The van der Waals surface area contributed by atoms with Crippen molar-refractivity contribution in [1.82, 2.24) is 4.90 Å². The number of hydrogen-bond donors (Lipinski definition) is 0. The Labute approximate surface area is 162 Å². The second-order valence-electron chi connectivity index (χ2n) is 5.71. The average molecular weight is 396 g/mol. The standard InChI is InChI=1S/C19H19Cl2NO4/c1-22(2)19(24)13-6-3-7-14(12-13)26-17(23)10-5-11-25-16-9-4-8-15(20)18(16)21/h3-4,6-9,12H,5,10-11H2,1-2H3. The molecule has 7 heteroatoms. The molecule has 0 bridgehead atoms. The van der Waals surface area contributed by atoms with Crippen molar-refractivity contribution in [1.29, 1.82) is 0 Å². The van der Waals surface area contributed by atoms with E-state index in [1.165, 1.54) is 4.90 Å². The molecule has 0 aliphatic rings. The molecule has 26 heavy (non-hydrogen) atoms. The summed E-state index contributed by atoms with van der Waals surface area (Å²) in [6, 6.07) is 11.6. The Kier molecular flexibility index (Phi) is 7.30. The van der Waals surface area contributed by atoms with Gasteiger partial charge in [0.15, 0.2) is 0 Å². The number of amides is 1. The molecule has 0 unspecified atom stereocenters. The maximum Gasteiger partial charge on any atom is 0.311 e. The highest BCUT2D eigenvalue weighted by Gasteiger charge is 2.11. The molecule has 0 aliphatic heterocycles. The topological polar surface area (TPSA) is 55.8 Å². The zero-order chi connectivity index (χ0) is 19.1. The van der Waals surface area contributed by atoms with Crippen LogP contribution in [0.5, 0.6) is 11.5 Å². The summed E-state index contributed by atoms with van der Waals surface area (Å²) < 4.78 is 10.8. The molecule has 138 valence electrons. The van der Waals surface area contributed by atoms with E-state index >= 15 is 0 Å². The van der Waals surface area contributed by atoms with Crippen molar-refractivity contribution < 1.29 is 19.1 Å². The smallest absolute Gasteiger partial charge is 0.311 e. The van der Waals surface area contributed by atoms with Gasteiger partial charge >= 0.3 is 5.97 Å². The van der Waals surface area contributed by atoms with Gasteiger partial charge in [-0.1, -0.05) is 35.3 Å². The molecule has 2 rings (SSSR count). The Hall–Kier alpha value is -2.24. The van der Waals surface area contributed by atoms with Gasteiger partial charge in [-0.05, 0) is 36.8 Å². The van der Waals surface area contributed by atoms with E-state index in [2.05, 4.69) is 0 Å². The van der Waals surface area contributed by atoms with Crippen molar-refractivity contribution in [2.75, 3.05) is 20.7 Å². The molecule has 0 atom stereocenters. The fourth-order valence-corrected chi connectivity index (χ4v) is 2.47. The first-order valence-electron chi connectivity index (χ1n) is 7.97. The largest absolute Gasteiger partial charge is 0.492 e. The van der Waals surface area contributed by atoms with Gasteiger partial charge in [-0.25, -0.2) is 0 Å². The normalized spacial score (nSPS) is 10.3. The van der Waals surface area contributed by atoms with Crippen LogP contribution in [0, 0.1) is 0 Å². The summed E-state index contributed by atoms with van der Waals surface area (Å²) >= 11 is 11.9. The van der Waals surface area contributed by atoms with Gasteiger partial charge in [-0.2, -0.15) is 0 Å². The lowest BCUT2D eigenvalue weighted by Crippen LogP contribution is -2.21. The molecule has 2 aromatic rings. The van der Waals surface area contributed by atoms with Gasteiger partial charge in [-0.15, -0.1) is 0 Å². The van der Waals surface area contributed by atoms with E-state index in [-0.39, 0.29) is 12.3 Å². The highest BCUT2D eigenvalue weighted by atomic mass is 35.5. The zero-order valence-electron chi connectivity index (χ0n) is 14.5. The van der Waals surface area contributed by atoms with E-state index in [1.807, 2.05) is 0 Å². The molecule has 0 spiro atoms. The fraction of sp³-hybridized carbons (Fsp3) is 0.263. The Morgan fingerprint density at radius 1 is 1.08 bits per heavy atom. The van der Waals surface area contributed by atoms with Gasteiger partial charge in [0.05, 0.1) is 11.6 Å². The predicted molar refractivity (Wildman–Crippen MR) is 101 cm³/mol. The molecule has 0 aliphatic carbocycles. The molecule has 0 heterocycles. The molecule has 0 saturated heterocycles. The summed E-state index contributed by atoms with van der Waals surface area (Å²) in [7, 11) is 3.32. The van der Waals surface area contributed by atoms with Crippen molar-refractivity contribution in [2.45, 2.75) is 12.8 Å². The molecule has 0 saturated carbocycles. The second kappa shape index (κ2) is 9.46. The van der Waals surface area contributed by atoms with Crippen LogP contribution in [-0.2, 0) is 4.79 Å². The lowest BCUT2D eigenvalue weighted by atomic mass is 10.2. The van der Waals surface area contributed by atoms with E-state index in [4.69, 9.17) is 32.7 Å². The third-order valence-electron chi connectivity index (χ3n) is 3.42. The number of nitrogens with zero attached hydrogens (tertiary/aromatic N) is 1. The number of halogens is 2. The van der Waals surface area contributed by atoms with Crippen molar-refractivity contribution in [2.24, 2.45) is 0 Å². The first-order chi connectivity index (χ1) is 12.4. The van der Waals surface area contributed by atoms with Gasteiger partial charge in [0.2, 0.25) is 0 Å². The monoisotopic (exact) mass is 395 g/mol. The lowest BCUT2D eigenvalue weighted by Gasteiger charge is -2.11. The average Bonchev–Trinajstić information content (AvgIpc) is 2.61. The number of ether oxygens (including phenoxy) is 2. The first kappa shape index (κ1) is 20.1. The van der Waals surface area contributed by atoms with Gasteiger partial charge in [0, 0.05) is 26.1 Å². The Bertz CT molecular complexity index is 793. The maximum atomic E-state index is 11.9. The number of rotatable bonds is 7. The van der Waals surface area contributed by atoms with E-state index < -0.39 is 5.97 Å². The second-order valence-corrected chi connectivity index (χ2v) is 6.49. The Balaban J connectivity index is 1.81. The van der Waals surface area contributed by atoms with Crippen LogP contribution in [0.2, 0.25) is 10.0 Å². The lowest BCUT2D eigenvalue weighted by molar-refractivity contribution is -0.134. The Morgan fingerprint density at radius 3 is 2.54 bits per heavy atom. The highest BCUT2D eigenvalue weighted by molar-refractivity contribution is 6.42. The van der Waals surface area contributed by atoms with Crippen LogP contribution in [0.25, 0.3) is 0 Å². The summed E-state index contributed by atoms with van der Waals surface area (Å²) in [6.45, 7) is 0.300. The minimum absolute atomic E-state index is 0.158. The van der Waals surface area contributed by atoms with Crippen LogP contribution in [-0.4, -0.2) is 37.5 Å². The van der Waals surface area contributed by atoms with Crippen LogP contribution in [0.4, 0.5) is 0 Å². The molecule has 5 nitrogen and oxygen atoms in total. The van der Waals surface area contributed by atoms with E-state index in [0.29, 0.717) is 40.1 Å². The summed E-state index contributed by atoms with van der Waals surface area (Å²) in [6.07, 6.45) is 0.627. The van der Waals surface area contributed by atoms with E-state index in [0.717, 1.165) is 0 Å². The van der Waals surface area contributed by atoms with Crippen LogP contribution in [0.1, 0.15) is 23.2 Å². The number of carbonyl (C=O) groups excluding carboxylic acids is 2. The molecule has 0 aromatic heterocycles. The molecule has 0 radical (unpaired) electrons. The number of esters is 1. The fourth-order valence-electron chi connectivity index (χ4n) is 2.13. The third-order valence-corrected chi connectivity index (χ3v) is 4.22. The minimum atomic E-state index is -0.403. The van der Waals surface area contributed by atoms with Crippen molar-refractivity contribution in [3.05, 3.63) is 58.1 Å². The summed E-state index contributed by atoms with van der Waals surface area (Å²) in [5, 5.41) is 0.759. The van der Waals surface area contributed by atoms with Crippen LogP contribution in [0.15, 0.2) is 42.5 Å². The first-order valence-corrected chi connectivity index (χ1v) is 8.73. The van der Waals surface area contributed by atoms with Crippen molar-refractivity contribution in [3.8, 4) is 11.5 Å².